The van der Waals surface area contributed by atoms with E-state index in [2.05, 4.69) is 5.32 Å². The molecule has 0 bridgehead atoms. The number of hydrogen-bond donors (Lipinski definition) is 2. The summed E-state index contributed by atoms with van der Waals surface area (Å²) >= 11 is 1.66. The van der Waals surface area contributed by atoms with Gasteiger partial charge in [0.25, 0.3) is 5.91 Å². The Morgan fingerprint density at radius 1 is 1.29 bits per heavy atom. The van der Waals surface area contributed by atoms with Crippen molar-refractivity contribution in [3.05, 3.63) is 29.8 Å². The van der Waals surface area contributed by atoms with Gasteiger partial charge in [-0.1, -0.05) is 6.92 Å². The lowest BCUT2D eigenvalue weighted by Crippen LogP contribution is -2.41. The monoisotopic (exact) mass is 310 g/mol. The fourth-order valence-corrected chi connectivity index (χ4v) is 2.45. The van der Waals surface area contributed by atoms with Crippen LogP contribution in [-0.2, 0) is 4.79 Å². The first kappa shape index (κ1) is 17.4. The summed E-state index contributed by atoms with van der Waals surface area (Å²) in [7, 11) is 3.84. The van der Waals surface area contributed by atoms with Gasteiger partial charge < -0.3 is 15.3 Å². The summed E-state index contributed by atoms with van der Waals surface area (Å²) < 4.78 is 0. The lowest BCUT2D eigenvalue weighted by atomic mass is 10.1. The topological polar surface area (TPSA) is 69.6 Å². The number of amides is 1. The summed E-state index contributed by atoms with van der Waals surface area (Å²) in [4.78, 5) is 25.2. The molecule has 1 aromatic rings. The third-order valence-electron chi connectivity index (χ3n) is 3.00. The number of hydrogen-bond acceptors (Lipinski definition) is 4. The molecular weight excluding hydrogens is 288 g/mol. The van der Waals surface area contributed by atoms with Gasteiger partial charge in [0.05, 0.1) is 0 Å². The lowest BCUT2D eigenvalue weighted by molar-refractivity contribution is -0.139. The number of benzene rings is 1. The number of carboxylic acids is 1. The van der Waals surface area contributed by atoms with Gasteiger partial charge >= 0.3 is 5.97 Å². The maximum Gasteiger partial charge on any atom is 0.326 e. The van der Waals surface area contributed by atoms with Crippen molar-refractivity contribution in [1.82, 2.24) is 5.32 Å². The van der Waals surface area contributed by atoms with Gasteiger partial charge in [-0.15, -0.1) is 0 Å². The van der Waals surface area contributed by atoms with E-state index in [9.17, 15) is 9.59 Å². The van der Waals surface area contributed by atoms with E-state index in [1.165, 1.54) is 0 Å². The zero-order valence-electron chi connectivity index (χ0n) is 12.6. The Bertz CT molecular complexity index is 474. The van der Waals surface area contributed by atoms with Crippen LogP contribution in [0.3, 0.4) is 0 Å². The molecule has 0 radical (unpaired) electrons. The van der Waals surface area contributed by atoms with Crippen LogP contribution >= 0.6 is 11.8 Å². The molecule has 0 aliphatic rings. The van der Waals surface area contributed by atoms with Crippen molar-refractivity contribution in [2.75, 3.05) is 30.5 Å². The molecule has 2 N–H and O–H groups in total. The Balaban J connectivity index is 2.66. The third kappa shape index (κ3) is 5.67. The molecule has 0 spiro atoms. The van der Waals surface area contributed by atoms with Crippen LogP contribution in [0.1, 0.15) is 23.7 Å². The van der Waals surface area contributed by atoms with Crippen molar-refractivity contribution >= 4 is 29.3 Å². The fraction of sp³-hybridized carbons (Fsp3) is 0.467. The van der Waals surface area contributed by atoms with Crippen molar-refractivity contribution in [3.63, 3.8) is 0 Å². The summed E-state index contributed by atoms with van der Waals surface area (Å²) in [6.07, 6.45) is 0.426. The van der Waals surface area contributed by atoms with Crippen LogP contribution < -0.4 is 10.2 Å². The van der Waals surface area contributed by atoms with Crippen LogP contribution in [0.5, 0.6) is 0 Å². The minimum absolute atomic E-state index is 0.353. The molecule has 0 aliphatic carbocycles. The van der Waals surface area contributed by atoms with E-state index < -0.39 is 12.0 Å². The number of carbonyl (C=O) groups excluding carboxylic acids is 1. The first-order valence-electron chi connectivity index (χ1n) is 6.84. The number of nitrogens with one attached hydrogen (secondary N) is 1. The molecule has 0 aromatic heterocycles. The molecule has 5 nitrogen and oxygen atoms in total. The summed E-state index contributed by atoms with van der Waals surface area (Å²) in [5.74, 6) is 0.304. The largest absolute Gasteiger partial charge is 0.480 e. The molecule has 1 atom stereocenters. The van der Waals surface area contributed by atoms with Gasteiger partial charge in [-0.3, -0.25) is 4.79 Å². The molecule has 0 aliphatic heterocycles. The van der Waals surface area contributed by atoms with E-state index in [4.69, 9.17) is 5.11 Å². The van der Waals surface area contributed by atoms with Crippen LogP contribution in [0.4, 0.5) is 5.69 Å². The highest BCUT2D eigenvalue weighted by molar-refractivity contribution is 7.99. The number of carbonyl (C=O) groups is 2. The summed E-state index contributed by atoms with van der Waals surface area (Å²) in [5, 5.41) is 11.7. The number of nitrogens with zero attached hydrogens (tertiary/aromatic N) is 1. The molecule has 1 amide bonds. The molecule has 1 rings (SSSR count). The Morgan fingerprint density at radius 3 is 2.38 bits per heavy atom. The van der Waals surface area contributed by atoms with Gasteiger partial charge in [-0.25, -0.2) is 4.79 Å². The van der Waals surface area contributed by atoms with Gasteiger partial charge in [0.1, 0.15) is 6.04 Å². The van der Waals surface area contributed by atoms with Crippen LogP contribution in [-0.4, -0.2) is 48.6 Å². The highest BCUT2D eigenvalue weighted by atomic mass is 32.2. The predicted molar refractivity (Wildman–Crippen MR) is 87.3 cm³/mol. The number of carboxylic acid groups (broad SMARTS) is 1. The van der Waals surface area contributed by atoms with E-state index in [1.54, 1.807) is 23.9 Å². The first-order chi connectivity index (χ1) is 9.95. The van der Waals surface area contributed by atoms with Crippen LogP contribution in [0, 0.1) is 0 Å². The second kappa shape index (κ2) is 8.56. The van der Waals surface area contributed by atoms with Crippen LogP contribution in [0.25, 0.3) is 0 Å². The van der Waals surface area contributed by atoms with Crippen LogP contribution in [0.2, 0.25) is 0 Å². The molecule has 6 heteroatoms. The zero-order valence-corrected chi connectivity index (χ0v) is 13.4. The van der Waals surface area contributed by atoms with E-state index >= 15 is 0 Å². The Labute approximate surface area is 129 Å². The minimum atomic E-state index is -0.995. The lowest BCUT2D eigenvalue weighted by Gasteiger charge is -2.15. The Kier molecular flexibility index (Phi) is 7.08. The van der Waals surface area contributed by atoms with Gasteiger partial charge in [0, 0.05) is 25.3 Å². The predicted octanol–water partition coefficient (Wildman–Crippen LogP) is 2.08. The van der Waals surface area contributed by atoms with Crippen molar-refractivity contribution in [1.29, 1.82) is 0 Å². The van der Waals surface area contributed by atoms with Gasteiger partial charge in [-0.2, -0.15) is 11.8 Å². The first-order valence-corrected chi connectivity index (χ1v) is 8.00. The molecule has 116 valence electrons. The van der Waals surface area contributed by atoms with E-state index in [0.29, 0.717) is 17.7 Å². The van der Waals surface area contributed by atoms with Gasteiger partial charge in [0.2, 0.25) is 0 Å². The molecule has 0 saturated carbocycles. The van der Waals surface area contributed by atoms with E-state index in [1.807, 2.05) is 38.1 Å². The second-order valence-electron chi connectivity index (χ2n) is 4.79. The van der Waals surface area contributed by atoms with Gasteiger partial charge in [0.15, 0.2) is 0 Å². The van der Waals surface area contributed by atoms with E-state index in [-0.39, 0.29) is 5.91 Å². The average molecular weight is 310 g/mol. The summed E-state index contributed by atoms with van der Waals surface area (Å²) in [6, 6.07) is 6.22. The molecule has 1 unspecified atom stereocenters. The van der Waals surface area contributed by atoms with E-state index in [0.717, 1.165) is 11.4 Å². The SMILES string of the molecule is CCSCCC(NC(=O)c1ccc(N(C)C)cc1)C(=O)O. The van der Waals surface area contributed by atoms with Crippen LogP contribution in [0.15, 0.2) is 24.3 Å². The standard InChI is InChI=1S/C15H22N2O3S/c1-4-21-10-9-13(15(19)20)16-14(18)11-5-7-12(8-6-11)17(2)3/h5-8,13H,4,9-10H2,1-3H3,(H,16,18)(H,19,20). The summed E-state index contributed by atoms with van der Waals surface area (Å²) in [5.41, 5.74) is 1.45. The summed E-state index contributed by atoms with van der Waals surface area (Å²) in [6.45, 7) is 2.02. The maximum atomic E-state index is 12.1. The molecule has 21 heavy (non-hydrogen) atoms. The quantitative estimate of drug-likeness (QED) is 0.720. The number of thioether (sulfide) groups is 1. The zero-order chi connectivity index (χ0) is 15.8. The average Bonchev–Trinajstić information content (AvgIpc) is 2.46. The van der Waals surface area contributed by atoms with Crippen molar-refractivity contribution in [2.24, 2.45) is 0 Å². The number of anilines is 1. The smallest absolute Gasteiger partial charge is 0.326 e. The molecule has 0 saturated heterocycles. The third-order valence-corrected chi connectivity index (χ3v) is 3.94. The Morgan fingerprint density at radius 2 is 1.90 bits per heavy atom. The highest BCUT2D eigenvalue weighted by Crippen LogP contribution is 2.12. The number of rotatable bonds is 8. The van der Waals surface area contributed by atoms with Crippen molar-refractivity contribution in [2.45, 2.75) is 19.4 Å². The molecule has 1 aromatic carbocycles. The Hall–Kier alpha value is -1.69. The molecular formula is C15H22N2O3S. The normalized spacial score (nSPS) is 11.8. The highest BCUT2D eigenvalue weighted by Gasteiger charge is 2.20. The van der Waals surface area contributed by atoms with Crippen molar-refractivity contribution < 1.29 is 14.7 Å². The van der Waals surface area contributed by atoms with Crippen molar-refractivity contribution in [3.8, 4) is 0 Å². The second-order valence-corrected chi connectivity index (χ2v) is 6.19. The molecule has 0 fully saturated rings. The molecule has 0 heterocycles. The number of aliphatic carboxylic acids is 1. The minimum Gasteiger partial charge on any atom is -0.480 e. The fourth-order valence-electron chi connectivity index (χ4n) is 1.76. The maximum absolute atomic E-state index is 12.1. The van der Waals surface area contributed by atoms with Gasteiger partial charge in [-0.05, 0) is 42.2 Å².